The number of amides is 1. The van der Waals surface area contributed by atoms with Crippen molar-refractivity contribution >= 4 is 26.6 Å². The Morgan fingerprint density at radius 3 is 2.67 bits per heavy atom. The first-order valence-corrected chi connectivity index (χ1v) is 9.52. The lowest BCUT2D eigenvalue weighted by molar-refractivity contribution is 0.0946. The van der Waals surface area contributed by atoms with Crippen molar-refractivity contribution in [3.63, 3.8) is 0 Å². The number of fused-ring (bicyclic) bond motifs is 1. The summed E-state index contributed by atoms with van der Waals surface area (Å²) in [6, 6.07) is 6.83. The second-order valence-corrected chi connectivity index (χ2v) is 8.30. The molecule has 1 aromatic heterocycles. The van der Waals surface area contributed by atoms with Crippen LogP contribution in [0.2, 0.25) is 0 Å². The number of benzene rings is 1. The van der Waals surface area contributed by atoms with Gasteiger partial charge in [0.15, 0.2) is 9.84 Å². The molecule has 1 aliphatic carbocycles. The Labute approximate surface area is 138 Å². The average molecular weight is 344 g/mol. The van der Waals surface area contributed by atoms with E-state index in [4.69, 9.17) is 0 Å². The Hall–Kier alpha value is -2.41. The largest absolute Gasteiger partial charge is 0.345 e. The zero-order chi connectivity index (χ0) is 16.9. The molecule has 0 radical (unpaired) electrons. The maximum atomic E-state index is 12.3. The summed E-state index contributed by atoms with van der Waals surface area (Å²) < 4.78 is 22.8. The molecule has 0 spiro atoms. The number of rotatable bonds is 3. The fraction of sp³-hybridized carbons (Fsp3) is 0.294. The highest BCUT2D eigenvalue weighted by Crippen LogP contribution is 2.40. The molecule has 24 heavy (non-hydrogen) atoms. The highest BCUT2D eigenvalue weighted by molar-refractivity contribution is 7.94. The number of carbonyl (C=O) groups is 1. The van der Waals surface area contributed by atoms with Crippen LogP contribution < -0.4 is 10.9 Å². The van der Waals surface area contributed by atoms with Crippen LogP contribution in [-0.4, -0.2) is 31.1 Å². The maximum Gasteiger partial charge on any atom is 0.261 e. The van der Waals surface area contributed by atoms with Crippen molar-refractivity contribution in [1.29, 1.82) is 0 Å². The zero-order valence-corrected chi connectivity index (χ0v) is 13.6. The lowest BCUT2D eigenvalue weighted by Gasteiger charge is -2.10. The second-order valence-electron chi connectivity index (χ2n) is 6.37. The minimum atomic E-state index is -3.26. The van der Waals surface area contributed by atoms with E-state index in [1.54, 1.807) is 6.07 Å². The first-order valence-electron chi connectivity index (χ1n) is 7.80. The predicted molar refractivity (Wildman–Crippen MR) is 90.7 cm³/mol. The minimum Gasteiger partial charge on any atom is -0.345 e. The molecule has 2 aliphatic rings. The van der Waals surface area contributed by atoms with Crippen molar-refractivity contribution in [2.45, 2.75) is 24.8 Å². The molecule has 0 saturated heterocycles. The molecule has 2 aromatic rings. The van der Waals surface area contributed by atoms with Gasteiger partial charge < -0.3 is 10.3 Å². The Kier molecular flexibility index (Phi) is 3.35. The monoisotopic (exact) mass is 344 g/mol. The van der Waals surface area contributed by atoms with E-state index in [0.717, 1.165) is 10.8 Å². The van der Waals surface area contributed by atoms with Gasteiger partial charge in [-0.15, -0.1) is 0 Å². The van der Waals surface area contributed by atoms with E-state index in [-0.39, 0.29) is 11.3 Å². The molecule has 1 amide bonds. The summed E-state index contributed by atoms with van der Waals surface area (Å²) in [7, 11) is -3.26. The SMILES string of the molecule is O=C(N[C@@H]1C=CS(=O)(=O)C1)c1cc2ccc(C3CC3)cc2[nH]c1=O. The molecule has 2 heterocycles. The van der Waals surface area contributed by atoms with Gasteiger partial charge in [0, 0.05) is 10.9 Å². The van der Waals surface area contributed by atoms with Gasteiger partial charge in [-0.05, 0) is 47.9 Å². The normalized spacial score (nSPS) is 21.9. The molecule has 7 heteroatoms. The van der Waals surface area contributed by atoms with Crippen molar-refractivity contribution in [1.82, 2.24) is 10.3 Å². The molecule has 0 unspecified atom stereocenters. The van der Waals surface area contributed by atoms with Gasteiger partial charge in [0.1, 0.15) is 5.56 Å². The van der Waals surface area contributed by atoms with Gasteiger partial charge in [0.05, 0.1) is 11.8 Å². The van der Waals surface area contributed by atoms with E-state index >= 15 is 0 Å². The van der Waals surface area contributed by atoms with Crippen LogP contribution in [0.25, 0.3) is 10.9 Å². The van der Waals surface area contributed by atoms with E-state index in [0.29, 0.717) is 11.4 Å². The van der Waals surface area contributed by atoms with E-state index in [9.17, 15) is 18.0 Å². The Bertz CT molecular complexity index is 1030. The summed E-state index contributed by atoms with van der Waals surface area (Å²) in [5.41, 5.74) is 1.43. The van der Waals surface area contributed by atoms with E-state index in [2.05, 4.69) is 10.3 Å². The second kappa shape index (κ2) is 5.31. The smallest absolute Gasteiger partial charge is 0.261 e. The molecule has 2 N–H and O–H groups in total. The first kappa shape index (κ1) is 15.1. The van der Waals surface area contributed by atoms with Crippen LogP contribution in [0.15, 0.2) is 40.5 Å². The van der Waals surface area contributed by atoms with Gasteiger partial charge in [-0.3, -0.25) is 9.59 Å². The third-order valence-corrected chi connectivity index (χ3v) is 5.81. The molecule has 1 atom stereocenters. The van der Waals surface area contributed by atoms with Crippen LogP contribution in [0.3, 0.4) is 0 Å². The Morgan fingerprint density at radius 2 is 2.00 bits per heavy atom. The third-order valence-electron chi connectivity index (χ3n) is 4.41. The summed E-state index contributed by atoms with van der Waals surface area (Å²) in [5.74, 6) is -0.164. The topological polar surface area (TPSA) is 96.1 Å². The van der Waals surface area contributed by atoms with Crippen LogP contribution in [0, 0.1) is 0 Å². The van der Waals surface area contributed by atoms with Gasteiger partial charge in [-0.2, -0.15) is 0 Å². The first-order chi connectivity index (χ1) is 11.4. The van der Waals surface area contributed by atoms with Crippen LogP contribution in [0.5, 0.6) is 0 Å². The number of hydrogen-bond donors (Lipinski definition) is 2. The van der Waals surface area contributed by atoms with Crippen molar-refractivity contribution in [2.75, 3.05) is 5.75 Å². The van der Waals surface area contributed by atoms with Crippen molar-refractivity contribution in [3.05, 3.63) is 57.2 Å². The van der Waals surface area contributed by atoms with Gasteiger partial charge in [0.2, 0.25) is 0 Å². The number of nitrogens with one attached hydrogen (secondary N) is 2. The molecule has 6 nitrogen and oxygen atoms in total. The minimum absolute atomic E-state index is 0.0145. The molecule has 1 aromatic carbocycles. The predicted octanol–water partition coefficient (Wildman–Crippen LogP) is 1.45. The molecule has 124 valence electrons. The molecule has 4 rings (SSSR count). The number of hydrogen-bond acceptors (Lipinski definition) is 4. The molecule has 1 fully saturated rings. The van der Waals surface area contributed by atoms with Crippen molar-refractivity contribution in [2.24, 2.45) is 0 Å². The summed E-state index contributed by atoms with van der Waals surface area (Å²) in [4.78, 5) is 27.3. The highest BCUT2D eigenvalue weighted by atomic mass is 32.2. The number of pyridine rings is 1. The number of aromatic amines is 1. The standard InChI is InChI=1S/C17H16N2O4S/c20-16(18-13-5-6-24(22,23)9-13)14-7-12-4-3-11(10-1-2-10)8-15(12)19-17(14)21/h3-8,10,13H,1-2,9H2,(H,18,20)(H,19,21)/t13-/m1/s1. The average Bonchev–Trinajstić information content (AvgIpc) is 3.31. The van der Waals surface area contributed by atoms with E-state index < -0.39 is 27.3 Å². The Morgan fingerprint density at radius 1 is 1.21 bits per heavy atom. The number of carbonyl (C=O) groups excluding carboxylic acids is 1. The van der Waals surface area contributed by atoms with Crippen LogP contribution >= 0.6 is 0 Å². The van der Waals surface area contributed by atoms with Gasteiger partial charge in [-0.1, -0.05) is 12.1 Å². The fourth-order valence-electron chi connectivity index (χ4n) is 2.97. The maximum absolute atomic E-state index is 12.3. The summed E-state index contributed by atoms with van der Waals surface area (Å²) in [6.07, 6.45) is 3.77. The number of H-pyrrole nitrogens is 1. The summed E-state index contributed by atoms with van der Waals surface area (Å²) in [5, 5.41) is 4.43. The summed E-state index contributed by atoms with van der Waals surface area (Å²) >= 11 is 0. The third kappa shape index (κ3) is 2.87. The van der Waals surface area contributed by atoms with E-state index in [1.807, 2.05) is 18.2 Å². The molecule has 0 bridgehead atoms. The number of sulfone groups is 1. The quantitative estimate of drug-likeness (QED) is 0.881. The van der Waals surface area contributed by atoms with Gasteiger partial charge in [-0.25, -0.2) is 8.42 Å². The Balaban J connectivity index is 1.63. The van der Waals surface area contributed by atoms with Crippen molar-refractivity contribution in [3.8, 4) is 0 Å². The van der Waals surface area contributed by atoms with E-state index in [1.165, 1.54) is 24.5 Å². The van der Waals surface area contributed by atoms with Gasteiger partial charge >= 0.3 is 0 Å². The zero-order valence-electron chi connectivity index (χ0n) is 12.8. The van der Waals surface area contributed by atoms with Crippen LogP contribution in [-0.2, 0) is 9.84 Å². The summed E-state index contributed by atoms with van der Waals surface area (Å²) in [6.45, 7) is 0. The highest BCUT2D eigenvalue weighted by Gasteiger charge is 2.25. The van der Waals surface area contributed by atoms with Crippen LogP contribution in [0.4, 0.5) is 0 Å². The fourth-order valence-corrected chi connectivity index (χ4v) is 4.21. The van der Waals surface area contributed by atoms with Gasteiger partial charge in [0.25, 0.3) is 11.5 Å². The molecule has 1 aliphatic heterocycles. The lowest BCUT2D eigenvalue weighted by Crippen LogP contribution is -2.38. The lowest BCUT2D eigenvalue weighted by atomic mass is 10.1. The number of aromatic nitrogens is 1. The van der Waals surface area contributed by atoms with Crippen LogP contribution in [0.1, 0.15) is 34.7 Å². The molecular weight excluding hydrogens is 328 g/mol. The molecule has 1 saturated carbocycles. The van der Waals surface area contributed by atoms with Crippen molar-refractivity contribution < 1.29 is 13.2 Å². The molecular formula is C17H16N2O4S.